The van der Waals surface area contributed by atoms with Gasteiger partial charge in [-0.1, -0.05) is 0 Å². The van der Waals surface area contributed by atoms with Gasteiger partial charge in [-0.15, -0.1) is 0 Å². The molecule has 0 aliphatic heterocycles. The van der Waals surface area contributed by atoms with Crippen LogP contribution in [0.3, 0.4) is 0 Å². The van der Waals surface area contributed by atoms with E-state index in [-0.39, 0.29) is 0 Å². The van der Waals surface area contributed by atoms with Crippen LogP contribution in [0.4, 0.5) is 0 Å². The van der Waals surface area contributed by atoms with E-state index in [9.17, 15) is 4.21 Å². The van der Waals surface area contributed by atoms with Gasteiger partial charge in [0.15, 0.2) is 5.82 Å². The molecule has 0 aliphatic rings. The predicted molar refractivity (Wildman–Crippen MR) is 32.6 cm³/mol. The van der Waals surface area contributed by atoms with Gasteiger partial charge >= 0.3 is 11.7 Å². The zero-order chi connectivity index (χ0) is 6.53. The molecule has 0 aliphatic carbocycles. The lowest BCUT2D eigenvalue weighted by molar-refractivity contribution is 0.604. The maximum absolute atomic E-state index is 9.93. The van der Waals surface area contributed by atoms with E-state index in [2.05, 4.69) is 16.0 Å². The molecule has 0 N–H and O–H groups in total. The van der Waals surface area contributed by atoms with Crippen LogP contribution in [0.15, 0.2) is 12.4 Å². The van der Waals surface area contributed by atoms with Crippen molar-refractivity contribution in [3.05, 3.63) is 24.3 Å². The fourth-order valence-corrected chi connectivity index (χ4v) is 0.672. The minimum Gasteiger partial charge on any atom is -0.235 e. The lowest BCUT2D eigenvalue weighted by Gasteiger charge is -1.80. The molecule has 1 aromatic rings. The van der Waals surface area contributed by atoms with Crippen LogP contribution in [-0.4, -0.2) is 9.97 Å². The van der Waals surface area contributed by atoms with E-state index in [1.165, 1.54) is 12.4 Å². The fraction of sp³-hybridized carbons (Fsp3) is 0.200. The lowest BCUT2D eigenvalue weighted by Crippen LogP contribution is -1.90. The molecule has 0 amide bonds. The smallest absolute Gasteiger partial charge is 0.235 e. The number of nitrogens with zero attached hydrogens (tertiary/aromatic N) is 2. The SMILES string of the molecule is O=[S+]Cc1nc[c]cn1. The van der Waals surface area contributed by atoms with E-state index in [0.29, 0.717) is 23.2 Å². The van der Waals surface area contributed by atoms with Crippen LogP contribution in [0.2, 0.25) is 0 Å². The van der Waals surface area contributed by atoms with E-state index < -0.39 is 0 Å². The lowest BCUT2D eigenvalue weighted by atomic mass is 10.6. The summed E-state index contributed by atoms with van der Waals surface area (Å²) in [4.78, 5) is 7.56. The molecule has 0 unspecified atom stereocenters. The van der Waals surface area contributed by atoms with E-state index in [1.807, 2.05) is 0 Å². The largest absolute Gasteiger partial charge is 0.467 e. The number of hydrogen-bond donors (Lipinski definition) is 0. The van der Waals surface area contributed by atoms with Crippen molar-refractivity contribution in [2.45, 2.75) is 5.75 Å². The van der Waals surface area contributed by atoms with Gasteiger partial charge in [-0.2, -0.15) is 0 Å². The Labute approximate surface area is 56.6 Å². The number of aromatic nitrogens is 2. The summed E-state index contributed by atoms with van der Waals surface area (Å²) in [6.45, 7) is 0. The van der Waals surface area contributed by atoms with Gasteiger partial charge in [0.05, 0.1) is 0 Å². The normalized spacial score (nSPS) is 8.89. The molecule has 45 valence electrons. The molecular formula is C5H4N2OS+. The summed E-state index contributed by atoms with van der Waals surface area (Å²) in [5.74, 6) is 0.892. The Morgan fingerprint density at radius 1 is 1.56 bits per heavy atom. The summed E-state index contributed by atoms with van der Waals surface area (Å²) >= 11 is 0.466. The summed E-state index contributed by atoms with van der Waals surface area (Å²) in [6.07, 6.45) is 3.00. The Balaban J connectivity index is 2.72. The highest BCUT2D eigenvalue weighted by atomic mass is 32.1. The summed E-state index contributed by atoms with van der Waals surface area (Å²) in [5, 5.41) is 0. The maximum atomic E-state index is 9.93. The van der Waals surface area contributed by atoms with Gasteiger partial charge in [-0.05, 0) is 0 Å². The first-order valence-electron chi connectivity index (χ1n) is 2.35. The zero-order valence-electron chi connectivity index (χ0n) is 4.57. The van der Waals surface area contributed by atoms with Gasteiger partial charge in [0.25, 0.3) is 5.75 Å². The van der Waals surface area contributed by atoms with Crippen molar-refractivity contribution in [3.63, 3.8) is 0 Å². The molecule has 0 fully saturated rings. The van der Waals surface area contributed by atoms with E-state index in [1.54, 1.807) is 0 Å². The van der Waals surface area contributed by atoms with Gasteiger partial charge in [-0.25, -0.2) is 9.97 Å². The van der Waals surface area contributed by atoms with Crippen molar-refractivity contribution in [1.82, 2.24) is 9.97 Å². The first-order chi connectivity index (χ1) is 4.43. The minimum absolute atomic E-state index is 0.328. The summed E-state index contributed by atoms with van der Waals surface area (Å²) in [6, 6.07) is 2.66. The second-order valence-electron chi connectivity index (χ2n) is 1.36. The standard InChI is InChI=1S/C5H4N2OS/c8-9-4-5-6-2-1-3-7-5/h2-3H,4H2/q+1. The molecule has 0 saturated carbocycles. The molecule has 4 heteroatoms. The molecule has 3 nitrogen and oxygen atoms in total. The average Bonchev–Trinajstić information content (AvgIpc) is 1.91. The third-order valence-electron chi connectivity index (χ3n) is 0.764. The highest BCUT2D eigenvalue weighted by Crippen LogP contribution is 1.85. The molecule has 1 heterocycles. The Bertz CT molecular complexity index is 189. The third-order valence-corrected chi connectivity index (χ3v) is 1.14. The van der Waals surface area contributed by atoms with E-state index >= 15 is 0 Å². The summed E-state index contributed by atoms with van der Waals surface area (Å²) in [5.41, 5.74) is 0. The van der Waals surface area contributed by atoms with Crippen LogP contribution in [0.5, 0.6) is 0 Å². The van der Waals surface area contributed by atoms with Gasteiger partial charge in [0, 0.05) is 22.7 Å². The van der Waals surface area contributed by atoms with E-state index in [4.69, 9.17) is 0 Å². The fourth-order valence-electron chi connectivity index (χ4n) is 0.417. The first-order valence-corrected chi connectivity index (χ1v) is 3.26. The number of hydrogen-bond acceptors (Lipinski definition) is 3. The van der Waals surface area contributed by atoms with Gasteiger partial charge in [0.1, 0.15) is 0 Å². The second-order valence-corrected chi connectivity index (χ2v) is 1.89. The van der Waals surface area contributed by atoms with Crippen molar-refractivity contribution >= 4 is 11.7 Å². The van der Waals surface area contributed by atoms with Crippen LogP contribution in [-0.2, 0) is 21.6 Å². The molecule has 0 saturated heterocycles. The number of rotatable bonds is 2. The van der Waals surface area contributed by atoms with Crippen molar-refractivity contribution in [1.29, 1.82) is 0 Å². The molecule has 1 radical (unpaired) electrons. The zero-order valence-corrected chi connectivity index (χ0v) is 5.39. The highest BCUT2D eigenvalue weighted by molar-refractivity contribution is 7.64. The average molecular weight is 140 g/mol. The predicted octanol–water partition coefficient (Wildman–Crippen LogP) is 0.205. The van der Waals surface area contributed by atoms with Crippen molar-refractivity contribution in [2.24, 2.45) is 0 Å². The molecule has 0 bridgehead atoms. The monoisotopic (exact) mass is 140 g/mol. The van der Waals surface area contributed by atoms with Crippen LogP contribution >= 0.6 is 0 Å². The minimum atomic E-state index is 0.328. The molecule has 1 aromatic heterocycles. The van der Waals surface area contributed by atoms with Gasteiger partial charge in [-0.3, -0.25) is 0 Å². The Kier molecular flexibility index (Phi) is 2.21. The Morgan fingerprint density at radius 3 is 2.78 bits per heavy atom. The maximum Gasteiger partial charge on any atom is 0.467 e. The van der Waals surface area contributed by atoms with Crippen LogP contribution in [0.1, 0.15) is 5.82 Å². The van der Waals surface area contributed by atoms with Crippen LogP contribution < -0.4 is 0 Å². The van der Waals surface area contributed by atoms with Crippen molar-refractivity contribution in [2.75, 3.05) is 0 Å². The molecule has 1 rings (SSSR count). The van der Waals surface area contributed by atoms with Gasteiger partial charge in [0.2, 0.25) is 0 Å². The quantitative estimate of drug-likeness (QED) is 0.551. The molecule has 9 heavy (non-hydrogen) atoms. The van der Waals surface area contributed by atoms with Gasteiger partial charge < -0.3 is 0 Å². The second kappa shape index (κ2) is 3.19. The Hall–Kier alpha value is -0.900. The van der Waals surface area contributed by atoms with Crippen molar-refractivity contribution < 1.29 is 4.21 Å². The molecule has 0 aromatic carbocycles. The molecule has 0 atom stereocenters. The van der Waals surface area contributed by atoms with Crippen molar-refractivity contribution in [3.8, 4) is 0 Å². The summed E-state index contributed by atoms with van der Waals surface area (Å²) in [7, 11) is 0. The van der Waals surface area contributed by atoms with Crippen LogP contribution in [0, 0.1) is 6.07 Å². The highest BCUT2D eigenvalue weighted by Gasteiger charge is 2.02. The van der Waals surface area contributed by atoms with Crippen LogP contribution in [0.25, 0.3) is 0 Å². The molecular weight excluding hydrogens is 136 g/mol. The Morgan fingerprint density at radius 2 is 2.22 bits per heavy atom. The first kappa shape index (κ1) is 6.22. The summed E-state index contributed by atoms with van der Waals surface area (Å²) < 4.78 is 9.93. The topological polar surface area (TPSA) is 42.9 Å². The third kappa shape index (κ3) is 1.81. The van der Waals surface area contributed by atoms with E-state index in [0.717, 1.165) is 0 Å². The molecule has 0 spiro atoms.